The lowest BCUT2D eigenvalue weighted by atomic mass is 9.84. The Morgan fingerprint density at radius 2 is 1.93 bits per heavy atom. The third-order valence-corrected chi connectivity index (χ3v) is 2.92. The van der Waals surface area contributed by atoms with Crippen molar-refractivity contribution in [2.24, 2.45) is 5.41 Å². The number of halogens is 4. The number of rotatable bonds is 5. The van der Waals surface area contributed by atoms with Gasteiger partial charge in [-0.25, -0.2) is 4.39 Å². The maximum Gasteiger partial charge on any atom is 0.303 e. The Labute approximate surface area is 97.3 Å². The van der Waals surface area contributed by atoms with E-state index in [4.69, 9.17) is 39.9 Å². The van der Waals surface area contributed by atoms with Crippen LogP contribution in [0, 0.1) is 5.41 Å². The molecule has 0 aromatic carbocycles. The van der Waals surface area contributed by atoms with Gasteiger partial charge in [0.1, 0.15) is 0 Å². The number of hydrogen-bond donors (Lipinski definition) is 1. The molecule has 0 rings (SSSR count). The highest BCUT2D eigenvalue weighted by atomic mass is 35.5. The lowest BCUT2D eigenvalue weighted by Crippen LogP contribution is -2.31. The van der Waals surface area contributed by atoms with E-state index in [1.54, 1.807) is 13.8 Å². The Kier molecular flexibility index (Phi) is 4.96. The largest absolute Gasteiger partial charge is 0.481 e. The first kappa shape index (κ1) is 14.3. The fourth-order valence-corrected chi connectivity index (χ4v) is 1.74. The summed E-state index contributed by atoms with van der Waals surface area (Å²) in [5.74, 6) is -0.991. The van der Waals surface area contributed by atoms with E-state index in [9.17, 15) is 9.18 Å². The molecular weight excluding hydrogens is 253 g/mol. The normalized spacial score (nSPS) is 15.3. The molecule has 1 N–H and O–H groups in total. The van der Waals surface area contributed by atoms with Crippen molar-refractivity contribution in [3.05, 3.63) is 0 Å². The smallest absolute Gasteiger partial charge is 0.303 e. The molecule has 1 unspecified atom stereocenters. The third kappa shape index (κ3) is 5.89. The second-order valence-electron chi connectivity index (χ2n) is 3.85. The SMILES string of the molecule is CC(C)(CC(=O)O)C(Cl)CC(F)(Cl)Cl. The molecule has 0 aliphatic heterocycles. The third-order valence-electron chi connectivity index (χ3n) is 1.87. The van der Waals surface area contributed by atoms with Crippen molar-refractivity contribution in [3.63, 3.8) is 0 Å². The van der Waals surface area contributed by atoms with E-state index in [0.717, 1.165) is 0 Å². The number of alkyl halides is 4. The van der Waals surface area contributed by atoms with Crippen LogP contribution in [-0.2, 0) is 4.79 Å². The first-order chi connectivity index (χ1) is 6.04. The zero-order valence-electron chi connectivity index (χ0n) is 7.86. The van der Waals surface area contributed by atoms with Gasteiger partial charge in [-0.05, 0) is 5.41 Å². The minimum Gasteiger partial charge on any atom is -0.481 e. The van der Waals surface area contributed by atoms with Crippen LogP contribution in [-0.4, -0.2) is 21.0 Å². The van der Waals surface area contributed by atoms with Crippen LogP contribution in [0.4, 0.5) is 4.39 Å². The predicted molar refractivity (Wildman–Crippen MR) is 55.8 cm³/mol. The zero-order chi connectivity index (χ0) is 11.6. The summed E-state index contributed by atoms with van der Waals surface area (Å²) in [5, 5.41) is 7.84. The summed E-state index contributed by atoms with van der Waals surface area (Å²) in [6.45, 7) is 3.25. The molecule has 84 valence electrons. The highest BCUT2D eigenvalue weighted by Crippen LogP contribution is 2.39. The molecule has 2 nitrogen and oxygen atoms in total. The summed E-state index contributed by atoms with van der Waals surface area (Å²) in [6, 6.07) is 0. The average molecular weight is 266 g/mol. The summed E-state index contributed by atoms with van der Waals surface area (Å²) in [5.41, 5.74) is -0.755. The van der Waals surface area contributed by atoms with Gasteiger partial charge in [-0.3, -0.25) is 4.79 Å². The van der Waals surface area contributed by atoms with Crippen LogP contribution in [0.15, 0.2) is 0 Å². The molecule has 0 radical (unpaired) electrons. The molecule has 0 aliphatic rings. The molecule has 0 fully saturated rings. The average Bonchev–Trinajstić information content (AvgIpc) is 1.79. The number of hydrogen-bond acceptors (Lipinski definition) is 1. The summed E-state index contributed by atoms with van der Waals surface area (Å²) >= 11 is 16.1. The Morgan fingerprint density at radius 3 is 2.21 bits per heavy atom. The van der Waals surface area contributed by atoms with Crippen molar-refractivity contribution in [2.75, 3.05) is 0 Å². The first-order valence-corrected chi connectivity index (χ1v) is 5.16. The van der Waals surface area contributed by atoms with E-state index in [0.29, 0.717) is 0 Å². The highest BCUT2D eigenvalue weighted by Gasteiger charge is 2.37. The van der Waals surface area contributed by atoms with Crippen molar-refractivity contribution >= 4 is 40.8 Å². The van der Waals surface area contributed by atoms with Crippen LogP contribution >= 0.6 is 34.8 Å². The van der Waals surface area contributed by atoms with Crippen LogP contribution in [0.1, 0.15) is 26.7 Å². The van der Waals surface area contributed by atoms with Gasteiger partial charge >= 0.3 is 5.97 Å². The lowest BCUT2D eigenvalue weighted by Gasteiger charge is -2.29. The molecule has 0 heterocycles. The molecule has 0 spiro atoms. The molecular formula is C8H12Cl3FO2. The second-order valence-corrected chi connectivity index (χ2v) is 5.76. The lowest BCUT2D eigenvalue weighted by molar-refractivity contribution is -0.139. The van der Waals surface area contributed by atoms with Crippen LogP contribution < -0.4 is 0 Å². The van der Waals surface area contributed by atoms with Gasteiger partial charge in [-0.2, -0.15) is 0 Å². The van der Waals surface area contributed by atoms with Gasteiger partial charge in [-0.1, -0.05) is 37.0 Å². The van der Waals surface area contributed by atoms with Gasteiger partial charge in [-0.15, -0.1) is 11.6 Å². The van der Waals surface area contributed by atoms with Gasteiger partial charge in [0.25, 0.3) is 4.59 Å². The Hall–Kier alpha value is 0.270. The maximum absolute atomic E-state index is 12.8. The van der Waals surface area contributed by atoms with Crippen molar-refractivity contribution < 1.29 is 14.3 Å². The Morgan fingerprint density at radius 1 is 1.50 bits per heavy atom. The van der Waals surface area contributed by atoms with Crippen molar-refractivity contribution in [1.82, 2.24) is 0 Å². The quantitative estimate of drug-likeness (QED) is 0.771. The van der Waals surface area contributed by atoms with E-state index >= 15 is 0 Å². The fraction of sp³-hybridized carbons (Fsp3) is 0.875. The van der Waals surface area contributed by atoms with E-state index in [2.05, 4.69) is 0 Å². The van der Waals surface area contributed by atoms with Gasteiger partial charge < -0.3 is 5.11 Å². The molecule has 1 atom stereocenters. The van der Waals surface area contributed by atoms with Gasteiger partial charge in [0, 0.05) is 11.8 Å². The van der Waals surface area contributed by atoms with Gasteiger partial charge in [0.15, 0.2) is 0 Å². The number of carbonyl (C=O) groups is 1. The minimum absolute atomic E-state index is 0.162. The van der Waals surface area contributed by atoms with E-state index in [1.165, 1.54) is 0 Å². The first-order valence-electron chi connectivity index (χ1n) is 3.97. The number of aliphatic carboxylic acids is 1. The van der Waals surface area contributed by atoms with E-state index < -0.39 is 21.3 Å². The van der Waals surface area contributed by atoms with E-state index in [-0.39, 0.29) is 12.8 Å². The number of carboxylic acids is 1. The summed E-state index contributed by atoms with van der Waals surface area (Å²) in [4.78, 5) is 10.5. The maximum atomic E-state index is 12.8. The molecule has 0 bridgehead atoms. The van der Waals surface area contributed by atoms with E-state index in [1.807, 2.05) is 0 Å². The van der Waals surface area contributed by atoms with Crippen LogP contribution in [0.25, 0.3) is 0 Å². The monoisotopic (exact) mass is 264 g/mol. The van der Waals surface area contributed by atoms with Crippen molar-refractivity contribution in [1.29, 1.82) is 0 Å². The second kappa shape index (κ2) is 4.86. The van der Waals surface area contributed by atoms with Crippen LogP contribution in [0.2, 0.25) is 0 Å². The molecule has 0 saturated carbocycles. The van der Waals surface area contributed by atoms with Crippen molar-refractivity contribution in [2.45, 2.75) is 36.7 Å². The molecule has 0 saturated heterocycles. The molecule has 14 heavy (non-hydrogen) atoms. The summed E-state index contributed by atoms with van der Waals surface area (Å²) in [6.07, 6.45) is -0.469. The molecule has 0 aliphatic carbocycles. The summed E-state index contributed by atoms with van der Waals surface area (Å²) < 4.78 is 10.4. The standard InChI is InChI=1S/C8H12Cl3FO2/c1-7(2,4-6(13)14)5(9)3-8(10,11)12/h5H,3-4H2,1-2H3,(H,13,14). The van der Waals surface area contributed by atoms with Gasteiger partial charge in [0.2, 0.25) is 0 Å². The fourth-order valence-electron chi connectivity index (χ4n) is 0.980. The molecule has 0 amide bonds. The number of carboxylic acid groups (broad SMARTS) is 1. The molecule has 6 heteroatoms. The van der Waals surface area contributed by atoms with Gasteiger partial charge in [0.05, 0.1) is 6.42 Å². The Balaban J connectivity index is 4.35. The predicted octanol–water partition coefficient (Wildman–Crippen LogP) is 3.59. The van der Waals surface area contributed by atoms with Crippen LogP contribution in [0.3, 0.4) is 0 Å². The highest BCUT2D eigenvalue weighted by molar-refractivity contribution is 6.47. The molecule has 0 aromatic rings. The summed E-state index contributed by atoms with van der Waals surface area (Å²) in [7, 11) is 0. The zero-order valence-corrected chi connectivity index (χ0v) is 10.1. The Bertz CT molecular complexity index is 213. The molecule has 0 aromatic heterocycles. The van der Waals surface area contributed by atoms with Crippen LogP contribution in [0.5, 0.6) is 0 Å². The topological polar surface area (TPSA) is 37.3 Å². The minimum atomic E-state index is -2.41. The van der Waals surface area contributed by atoms with Crippen molar-refractivity contribution in [3.8, 4) is 0 Å².